The number of aryl methyl sites for hydroxylation is 1. The molecule has 2 aromatic heterocycles. The quantitative estimate of drug-likeness (QED) is 0.117. The van der Waals surface area contributed by atoms with Crippen molar-refractivity contribution >= 4 is 6.29 Å². The van der Waals surface area contributed by atoms with Gasteiger partial charge in [0.05, 0.1) is 11.3 Å². The molecule has 12 heteroatoms. The molecule has 0 saturated heterocycles. The third-order valence-electron chi connectivity index (χ3n) is 8.66. The van der Waals surface area contributed by atoms with Crippen LogP contribution in [-0.2, 0) is 23.3 Å². The van der Waals surface area contributed by atoms with Crippen LogP contribution < -0.4 is 5.56 Å². The molecule has 0 spiro atoms. The highest BCUT2D eigenvalue weighted by Crippen LogP contribution is 2.42. The van der Waals surface area contributed by atoms with Crippen LogP contribution in [0.25, 0.3) is 0 Å². The Hall–Kier alpha value is -2.76. The van der Waals surface area contributed by atoms with E-state index < -0.39 is 23.2 Å². The second-order valence-corrected chi connectivity index (χ2v) is 13.5. The lowest BCUT2D eigenvalue weighted by Crippen LogP contribution is -2.26. The number of fused-ring (bicyclic) bond motifs is 1. The number of unbranched alkanes of at least 4 members (excludes halogenated alkanes) is 5. The largest absolute Gasteiger partial charge is 0.422 e. The van der Waals surface area contributed by atoms with E-state index >= 15 is 0 Å². The molecular weight excluding hydrogens is 689 g/mol. The molecule has 0 saturated carbocycles. The van der Waals surface area contributed by atoms with Gasteiger partial charge in [-0.1, -0.05) is 114 Å². The molecule has 0 aromatic carbocycles. The van der Waals surface area contributed by atoms with Gasteiger partial charge in [-0.15, -0.1) is 0 Å². The Morgan fingerprint density at radius 2 is 1.38 bits per heavy atom. The molecule has 0 aliphatic heterocycles. The molecule has 0 amide bonds. The molecule has 2 aromatic rings. The summed E-state index contributed by atoms with van der Waals surface area (Å²) in [6.45, 7) is 25.9. The lowest BCUT2D eigenvalue weighted by molar-refractivity contribution is -0.139. The third-order valence-corrected chi connectivity index (χ3v) is 8.66. The number of rotatable bonds is 14. The number of H-pyrrole nitrogens is 1. The molecule has 1 aliphatic carbocycles. The zero-order chi connectivity index (χ0) is 41.6. The van der Waals surface area contributed by atoms with E-state index in [1.807, 2.05) is 46.6 Å². The van der Waals surface area contributed by atoms with Crippen LogP contribution in [0.4, 0.5) is 22.0 Å². The summed E-state index contributed by atoms with van der Waals surface area (Å²) < 4.78 is 63.6. The monoisotopic (exact) mass is 764 g/mol. The van der Waals surface area contributed by atoms with E-state index in [-0.39, 0.29) is 35.3 Å². The second-order valence-electron chi connectivity index (χ2n) is 13.5. The summed E-state index contributed by atoms with van der Waals surface area (Å²) in [7, 11) is 2.21. The highest BCUT2D eigenvalue weighted by molar-refractivity contribution is 5.52. The molecule has 3 unspecified atom stereocenters. The van der Waals surface area contributed by atoms with E-state index in [0.29, 0.717) is 17.9 Å². The number of aromatic amines is 1. The zero-order valence-corrected chi connectivity index (χ0v) is 35.4. The Labute approximate surface area is 318 Å². The van der Waals surface area contributed by atoms with Gasteiger partial charge >= 0.3 is 6.18 Å². The zero-order valence-electron chi connectivity index (χ0n) is 35.4. The van der Waals surface area contributed by atoms with Crippen molar-refractivity contribution < 1.29 is 26.7 Å². The summed E-state index contributed by atoms with van der Waals surface area (Å²) in [6.07, 6.45) is 12.3. The highest BCUT2D eigenvalue weighted by atomic mass is 19.4. The molecule has 2 heterocycles. The first-order valence-electron chi connectivity index (χ1n) is 19.9. The molecule has 3 rings (SSSR count). The maximum Gasteiger partial charge on any atom is 0.422 e. The highest BCUT2D eigenvalue weighted by Gasteiger charge is 2.41. The van der Waals surface area contributed by atoms with Gasteiger partial charge in [0.2, 0.25) is 0 Å². The van der Waals surface area contributed by atoms with Gasteiger partial charge in [-0.25, -0.2) is 23.8 Å². The molecule has 7 nitrogen and oxygen atoms in total. The second kappa shape index (κ2) is 31.6. The molecule has 0 bridgehead atoms. The van der Waals surface area contributed by atoms with Crippen molar-refractivity contribution in [3.8, 4) is 0 Å². The van der Waals surface area contributed by atoms with Gasteiger partial charge in [0, 0.05) is 31.2 Å². The summed E-state index contributed by atoms with van der Waals surface area (Å²) in [4.78, 5) is 30.8. The van der Waals surface area contributed by atoms with Crippen molar-refractivity contribution in [2.24, 2.45) is 11.8 Å². The number of hydrogen-bond acceptors (Lipinski definition) is 6. The summed E-state index contributed by atoms with van der Waals surface area (Å²) in [5, 5.41) is 5.84. The van der Waals surface area contributed by atoms with Gasteiger partial charge in [-0.2, -0.15) is 18.3 Å². The number of carbonyl (C=O) groups is 1. The number of aldehydes is 1. The maximum absolute atomic E-state index is 12.9. The van der Waals surface area contributed by atoms with Gasteiger partial charge < -0.3 is 9.69 Å². The van der Waals surface area contributed by atoms with E-state index in [1.54, 1.807) is 6.92 Å². The van der Waals surface area contributed by atoms with Crippen LogP contribution >= 0.6 is 0 Å². The summed E-state index contributed by atoms with van der Waals surface area (Å²) in [5.41, 5.74) is -1.82. The van der Waals surface area contributed by atoms with Crippen LogP contribution in [0.1, 0.15) is 181 Å². The minimum atomic E-state index is -4.61. The first-order valence-corrected chi connectivity index (χ1v) is 19.9. The number of aromatic nitrogens is 4. The fourth-order valence-corrected chi connectivity index (χ4v) is 4.97. The minimum absolute atomic E-state index is 0.0166. The van der Waals surface area contributed by atoms with Crippen molar-refractivity contribution in [1.29, 1.82) is 0 Å². The van der Waals surface area contributed by atoms with Crippen LogP contribution in [0.3, 0.4) is 0 Å². The first kappa shape index (κ1) is 54.6. The lowest BCUT2D eigenvalue weighted by Gasteiger charge is -2.17. The van der Waals surface area contributed by atoms with Crippen molar-refractivity contribution in [1.82, 2.24) is 25.1 Å². The summed E-state index contributed by atoms with van der Waals surface area (Å²) in [6, 6.07) is 0. The van der Waals surface area contributed by atoms with Crippen molar-refractivity contribution in [3.05, 3.63) is 51.0 Å². The van der Waals surface area contributed by atoms with E-state index in [0.717, 1.165) is 38.4 Å². The fourth-order valence-electron chi connectivity index (χ4n) is 4.97. The molecule has 310 valence electrons. The fraction of sp³-hybridized carbons (Fsp3) is 0.780. The van der Waals surface area contributed by atoms with Crippen LogP contribution in [0.15, 0.2) is 17.2 Å². The van der Waals surface area contributed by atoms with E-state index in [1.165, 1.54) is 64.5 Å². The topological polar surface area (TPSA) is 91.8 Å². The third kappa shape index (κ3) is 25.0. The first-order chi connectivity index (χ1) is 24.9. The maximum atomic E-state index is 12.9. The average Bonchev–Trinajstić information content (AvgIpc) is 3.55. The van der Waals surface area contributed by atoms with Gasteiger partial charge in [0.1, 0.15) is 17.7 Å². The van der Waals surface area contributed by atoms with Gasteiger partial charge in [0.15, 0.2) is 0 Å². The van der Waals surface area contributed by atoms with Crippen molar-refractivity contribution in [2.45, 2.75) is 178 Å². The Kier molecular flexibility index (Phi) is 32.5. The Morgan fingerprint density at radius 1 is 0.868 bits per heavy atom. The van der Waals surface area contributed by atoms with Crippen LogP contribution in [0, 0.1) is 18.8 Å². The summed E-state index contributed by atoms with van der Waals surface area (Å²) >= 11 is 0. The van der Waals surface area contributed by atoms with E-state index in [9.17, 15) is 31.5 Å². The predicted molar refractivity (Wildman–Crippen MR) is 211 cm³/mol. The minimum Gasteiger partial charge on any atom is -0.306 e. The Morgan fingerprint density at radius 3 is 1.75 bits per heavy atom. The Bertz CT molecular complexity index is 1210. The molecule has 3 atom stereocenters. The van der Waals surface area contributed by atoms with Crippen LogP contribution in [0.5, 0.6) is 0 Å². The van der Waals surface area contributed by atoms with Crippen molar-refractivity contribution in [2.75, 3.05) is 20.1 Å². The SMILES string of the molecule is CC.CCC(C)C1CCc2c1n[nH]c(=O)c2C(F)(F)F.CCC(C)C=O.CCCCCC.CCCCCN(C)CCC.Cc1ncc(C(C)(F)F)cn1. The predicted octanol–water partition coefficient (Wildman–Crippen LogP) is 12.1. The van der Waals surface area contributed by atoms with Gasteiger partial charge in [0.25, 0.3) is 11.5 Å². The van der Waals surface area contributed by atoms with Crippen LogP contribution in [0.2, 0.25) is 0 Å². The number of nitrogens with one attached hydrogen (secondary N) is 1. The van der Waals surface area contributed by atoms with E-state index in [4.69, 9.17) is 0 Å². The molecule has 1 aliphatic rings. The number of carbonyl (C=O) groups excluding carboxylic acids is 1. The Balaban J connectivity index is -0.000000623. The standard InChI is InChI=1S/C12H15F3N2O.C9H21N.C7H8F2N2.C6H14.C5H10O.C2H6/c1-3-6(2)7-4-5-8-9(12(13,14)15)11(18)17-16-10(7)8;1-4-6-7-9-10(3)8-5-2;1-5-10-3-6(4-11-5)7(2,8)9;1-3-5-6-4-2;1-3-5(2)4-6;1-2/h6-7H,3-5H2,1-2H3,(H,17,18);4-9H2,1-3H3;3-4H,1-2H3;3-6H2,1-2H3;4-5H,3H2,1-2H3;1-2H3. The normalized spacial score (nSPS) is 14.2. The lowest BCUT2D eigenvalue weighted by atomic mass is 9.90. The molecule has 0 radical (unpaired) electrons. The molecule has 1 N–H and O–H groups in total. The van der Waals surface area contributed by atoms with Gasteiger partial charge in [-0.05, 0) is 70.6 Å². The molecular formula is C41H74F5N5O2. The smallest absolute Gasteiger partial charge is 0.306 e. The molecule has 53 heavy (non-hydrogen) atoms. The number of alkyl halides is 5. The number of nitrogens with zero attached hydrogens (tertiary/aromatic N) is 4. The van der Waals surface area contributed by atoms with Crippen molar-refractivity contribution in [3.63, 3.8) is 0 Å². The van der Waals surface area contributed by atoms with Crippen LogP contribution in [-0.4, -0.2) is 51.5 Å². The molecule has 0 fully saturated rings. The number of hydrogen-bond donors (Lipinski definition) is 1. The van der Waals surface area contributed by atoms with E-state index in [2.05, 4.69) is 54.7 Å². The average molecular weight is 764 g/mol. The summed E-state index contributed by atoms with van der Waals surface area (Å²) in [5.74, 6) is -1.80. The van der Waals surface area contributed by atoms with Gasteiger partial charge in [-0.3, -0.25) is 4.79 Å². The number of halogens is 5.